The highest BCUT2D eigenvalue weighted by Crippen LogP contribution is 2.16. The van der Waals surface area contributed by atoms with E-state index in [4.69, 9.17) is 11.1 Å². The molecular weight excluding hydrogens is 169 g/mol. The largest absolute Gasteiger partial charge is 0.370 e. The average molecular weight is 181 g/mol. The summed E-state index contributed by atoms with van der Waals surface area (Å²) in [4.78, 5) is 0. The van der Waals surface area contributed by atoms with Gasteiger partial charge in [-0.25, -0.2) is 4.39 Å². The van der Waals surface area contributed by atoms with Crippen molar-refractivity contribution >= 4 is 11.6 Å². The van der Waals surface area contributed by atoms with E-state index in [1.54, 1.807) is 6.07 Å². The maximum Gasteiger partial charge on any atom is 0.190 e. The van der Waals surface area contributed by atoms with Gasteiger partial charge in [0.1, 0.15) is 5.82 Å². The molecule has 0 fully saturated rings. The van der Waals surface area contributed by atoms with Gasteiger partial charge in [0.15, 0.2) is 5.96 Å². The van der Waals surface area contributed by atoms with Crippen molar-refractivity contribution in [3.8, 4) is 0 Å². The van der Waals surface area contributed by atoms with Crippen LogP contribution in [0.5, 0.6) is 0 Å². The highest BCUT2D eigenvalue weighted by Gasteiger charge is 2.02. The van der Waals surface area contributed by atoms with Crippen LogP contribution in [-0.4, -0.2) is 5.96 Å². The van der Waals surface area contributed by atoms with Crippen LogP contribution in [0.4, 0.5) is 10.1 Å². The summed E-state index contributed by atoms with van der Waals surface area (Å²) in [7, 11) is 0. The maximum absolute atomic E-state index is 12.8. The molecule has 0 saturated heterocycles. The number of benzene rings is 1. The lowest BCUT2D eigenvalue weighted by atomic mass is 10.1. The summed E-state index contributed by atoms with van der Waals surface area (Å²) in [6.45, 7) is 1.92. The molecule has 0 bridgehead atoms. The first kappa shape index (κ1) is 9.51. The highest BCUT2D eigenvalue weighted by atomic mass is 19.1. The number of nitrogens with two attached hydrogens (primary N) is 1. The molecule has 0 heterocycles. The van der Waals surface area contributed by atoms with E-state index in [1.165, 1.54) is 12.1 Å². The van der Waals surface area contributed by atoms with Crippen molar-refractivity contribution in [2.75, 3.05) is 5.32 Å². The van der Waals surface area contributed by atoms with E-state index in [9.17, 15) is 4.39 Å². The Kier molecular flexibility index (Phi) is 2.84. The van der Waals surface area contributed by atoms with E-state index >= 15 is 0 Å². The van der Waals surface area contributed by atoms with Gasteiger partial charge < -0.3 is 11.1 Å². The standard InChI is InChI=1S/C9H12FN3/c1-2-6-5-7(10)3-4-8(6)13-9(11)12/h3-5H,2H2,1H3,(H4,11,12,13). The van der Waals surface area contributed by atoms with Crippen molar-refractivity contribution < 1.29 is 4.39 Å². The van der Waals surface area contributed by atoms with Crippen molar-refractivity contribution in [3.05, 3.63) is 29.6 Å². The summed E-state index contributed by atoms with van der Waals surface area (Å²) in [6.07, 6.45) is 0.702. The lowest BCUT2D eigenvalue weighted by molar-refractivity contribution is 0.626. The summed E-state index contributed by atoms with van der Waals surface area (Å²) >= 11 is 0. The van der Waals surface area contributed by atoms with Crippen LogP contribution in [0.1, 0.15) is 12.5 Å². The first-order chi connectivity index (χ1) is 6.13. The minimum absolute atomic E-state index is 0.138. The molecule has 0 spiro atoms. The Labute approximate surface area is 76.3 Å². The van der Waals surface area contributed by atoms with E-state index < -0.39 is 0 Å². The molecule has 0 amide bonds. The van der Waals surface area contributed by atoms with Gasteiger partial charge in [-0.3, -0.25) is 5.41 Å². The van der Waals surface area contributed by atoms with E-state index in [0.717, 1.165) is 5.56 Å². The van der Waals surface area contributed by atoms with Gasteiger partial charge >= 0.3 is 0 Å². The van der Waals surface area contributed by atoms with Gasteiger partial charge in [0.25, 0.3) is 0 Å². The second-order valence-corrected chi connectivity index (χ2v) is 2.69. The third-order valence-electron chi connectivity index (χ3n) is 1.72. The Hall–Kier alpha value is -1.58. The van der Waals surface area contributed by atoms with Crippen LogP contribution in [0.2, 0.25) is 0 Å². The van der Waals surface area contributed by atoms with Crippen molar-refractivity contribution in [1.29, 1.82) is 5.41 Å². The van der Waals surface area contributed by atoms with Crippen molar-refractivity contribution in [2.24, 2.45) is 5.73 Å². The summed E-state index contributed by atoms with van der Waals surface area (Å²) in [5.41, 5.74) is 6.67. The van der Waals surface area contributed by atoms with E-state index in [0.29, 0.717) is 12.1 Å². The first-order valence-corrected chi connectivity index (χ1v) is 4.03. The van der Waals surface area contributed by atoms with Gasteiger partial charge in [-0.2, -0.15) is 0 Å². The van der Waals surface area contributed by atoms with Crippen LogP contribution in [-0.2, 0) is 6.42 Å². The molecule has 0 unspecified atom stereocenters. The lowest BCUT2D eigenvalue weighted by Crippen LogP contribution is -2.21. The molecule has 1 aromatic carbocycles. The molecule has 3 nitrogen and oxygen atoms in total. The second kappa shape index (κ2) is 3.89. The van der Waals surface area contributed by atoms with Crippen LogP contribution in [0.25, 0.3) is 0 Å². The van der Waals surface area contributed by atoms with E-state index in [-0.39, 0.29) is 11.8 Å². The second-order valence-electron chi connectivity index (χ2n) is 2.69. The van der Waals surface area contributed by atoms with Crippen molar-refractivity contribution in [2.45, 2.75) is 13.3 Å². The monoisotopic (exact) mass is 181 g/mol. The van der Waals surface area contributed by atoms with Gasteiger partial charge in [-0.05, 0) is 30.2 Å². The van der Waals surface area contributed by atoms with Gasteiger partial charge in [-0.1, -0.05) is 6.92 Å². The summed E-state index contributed by atoms with van der Waals surface area (Å²) in [5.74, 6) is -0.410. The predicted molar refractivity (Wildman–Crippen MR) is 51.3 cm³/mol. The number of nitrogens with one attached hydrogen (secondary N) is 2. The molecule has 4 heteroatoms. The zero-order chi connectivity index (χ0) is 9.84. The van der Waals surface area contributed by atoms with Gasteiger partial charge in [-0.15, -0.1) is 0 Å². The number of anilines is 1. The van der Waals surface area contributed by atoms with Gasteiger partial charge in [0.05, 0.1) is 0 Å². The molecule has 0 atom stereocenters. The van der Waals surface area contributed by atoms with Crippen LogP contribution < -0.4 is 11.1 Å². The molecule has 0 aromatic heterocycles. The Morgan fingerprint density at radius 3 is 2.85 bits per heavy atom. The SMILES string of the molecule is CCc1cc(F)ccc1NC(=N)N. The smallest absolute Gasteiger partial charge is 0.190 e. The fourth-order valence-corrected chi connectivity index (χ4v) is 1.12. The van der Waals surface area contributed by atoms with Crippen LogP contribution >= 0.6 is 0 Å². The molecular formula is C9H12FN3. The molecule has 0 aliphatic heterocycles. The summed E-state index contributed by atoms with van der Waals surface area (Å²) < 4.78 is 12.8. The van der Waals surface area contributed by atoms with Gasteiger partial charge in [0.2, 0.25) is 0 Å². The molecule has 0 saturated carbocycles. The lowest BCUT2D eigenvalue weighted by Gasteiger charge is -2.08. The fourth-order valence-electron chi connectivity index (χ4n) is 1.12. The highest BCUT2D eigenvalue weighted by molar-refractivity contribution is 5.90. The molecule has 1 aromatic rings. The molecule has 0 aliphatic carbocycles. The summed E-state index contributed by atoms with van der Waals surface area (Å²) in [5, 5.41) is 9.68. The Morgan fingerprint density at radius 2 is 2.31 bits per heavy atom. The fraction of sp³-hybridized carbons (Fsp3) is 0.222. The topological polar surface area (TPSA) is 61.9 Å². The normalized spacial score (nSPS) is 9.69. The number of halogens is 1. The summed E-state index contributed by atoms with van der Waals surface area (Å²) in [6, 6.07) is 4.35. The van der Waals surface area contributed by atoms with Crippen LogP contribution in [0.15, 0.2) is 18.2 Å². The molecule has 0 radical (unpaired) electrons. The van der Waals surface area contributed by atoms with Crippen molar-refractivity contribution in [3.63, 3.8) is 0 Å². The molecule has 0 aliphatic rings. The quantitative estimate of drug-likeness (QED) is 0.480. The van der Waals surface area contributed by atoms with Gasteiger partial charge in [0, 0.05) is 5.69 Å². The number of rotatable bonds is 2. The zero-order valence-electron chi connectivity index (χ0n) is 7.39. The van der Waals surface area contributed by atoms with Crippen LogP contribution in [0.3, 0.4) is 0 Å². The number of aryl methyl sites for hydroxylation is 1. The average Bonchev–Trinajstić information content (AvgIpc) is 2.07. The Morgan fingerprint density at radius 1 is 1.62 bits per heavy atom. The predicted octanol–water partition coefficient (Wildman–Crippen LogP) is 1.69. The van der Waals surface area contributed by atoms with E-state index in [2.05, 4.69) is 5.32 Å². The number of guanidine groups is 1. The molecule has 1 rings (SSSR count). The Bertz CT molecular complexity index is 323. The Balaban J connectivity index is 2.99. The number of hydrogen-bond acceptors (Lipinski definition) is 1. The molecule has 4 N–H and O–H groups in total. The first-order valence-electron chi connectivity index (χ1n) is 4.03. The number of hydrogen-bond donors (Lipinski definition) is 3. The minimum Gasteiger partial charge on any atom is -0.370 e. The third-order valence-corrected chi connectivity index (χ3v) is 1.72. The minimum atomic E-state index is -0.272. The third kappa shape index (κ3) is 2.43. The van der Waals surface area contributed by atoms with E-state index in [1.807, 2.05) is 6.92 Å². The zero-order valence-corrected chi connectivity index (χ0v) is 7.39. The van der Waals surface area contributed by atoms with Crippen molar-refractivity contribution in [1.82, 2.24) is 0 Å². The van der Waals surface area contributed by atoms with Crippen LogP contribution in [0, 0.1) is 11.2 Å². The molecule has 13 heavy (non-hydrogen) atoms. The maximum atomic E-state index is 12.8. The molecule has 70 valence electrons.